The molecule has 0 unspecified atom stereocenters. The van der Waals surface area contributed by atoms with Gasteiger partial charge >= 0.3 is 6.03 Å². The number of ether oxygens (including phenoxy) is 1. The van der Waals surface area contributed by atoms with Crippen LogP contribution in [0.4, 0.5) is 10.6 Å². The monoisotopic (exact) mass is 220 g/mol. The minimum absolute atomic E-state index is 0.0736. The number of aromatic nitrogens is 2. The zero-order chi connectivity index (χ0) is 11.5. The molecule has 0 fully saturated rings. The van der Waals surface area contributed by atoms with Crippen molar-refractivity contribution >= 4 is 22.8 Å². The summed E-state index contributed by atoms with van der Waals surface area (Å²) < 4.78 is 4.91. The molecular formula is C10H12N4O2. The quantitative estimate of drug-likeness (QED) is 0.758. The minimum Gasteiger partial charge on any atom is -0.364 e. The van der Waals surface area contributed by atoms with Crippen molar-refractivity contribution < 1.29 is 9.53 Å². The lowest BCUT2D eigenvalue weighted by molar-refractivity contribution is 0.193. The van der Waals surface area contributed by atoms with E-state index in [2.05, 4.69) is 10.2 Å². The number of aromatic amines is 1. The number of methoxy groups -OCH3 is 1. The largest absolute Gasteiger partial charge is 0.364 e. The van der Waals surface area contributed by atoms with Gasteiger partial charge in [-0.1, -0.05) is 12.1 Å². The van der Waals surface area contributed by atoms with Crippen molar-refractivity contribution in [2.75, 3.05) is 18.7 Å². The third-order valence-corrected chi connectivity index (χ3v) is 2.23. The zero-order valence-corrected chi connectivity index (χ0v) is 8.80. The van der Waals surface area contributed by atoms with Crippen molar-refractivity contribution in [3.63, 3.8) is 0 Å². The number of nitrogens with one attached hydrogen (secondary N) is 1. The van der Waals surface area contributed by atoms with E-state index in [-0.39, 0.29) is 6.73 Å². The summed E-state index contributed by atoms with van der Waals surface area (Å²) >= 11 is 0. The number of hydrogen-bond acceptors (Lipinski definition) is 3. The number of nitrogens with zero attached hydrogens (tertiary/aromatic N) is 2. The van der Waals surface area contributed by atoms with E-state index >= 15 is 0 Å². The normalized spacial score (nSPS) is 10.6. The average Bonchev–Trinajstić information content (AvgIpc) is 2.69. The lowest BCUT2D eigenvalue weighted by Crippen LogP contribution is -2.37. The van der Waals surface area contributed by atoms with Crippen LogP contribution >= 0.6 is 0 Å². The van der Waals surface area contributed by atoms with Gasteiger partial charge in [0.05, 0.1) is 5.52 Å². The summed E-state index contributed by atoms with van der Waals surface area (Å²) in [7, 11) is 1.49. The average molecular weight is 220 g/mol. The van der Waals surface area contributed by atoms with Crippen LogP contribution in [-0.4, -0.2) is 30.1 Å². The number of benzene rings is 1. The number of fused-ring (bicyclic) bond motifs is 1. The van der Waals surface area contributed by atoms with Gasteiger partial charge in [-0.25, -0.2) is 4.79 Å². The summed E-state index contributed by atoms with van der Waals surface area (Å²) in [6.07, 6.45) is 0. The maximum absolute atomic E-state index is 11.2. The molecule has 2 aromatic rings. The predicted octanol–water partition coefficient (Wildman–Crippen LogP) is 1.05. The molecule has 0 aliphatic heterocycles. The summed E-state index contributed by atoms with van der Waals surface area (Å²) in [6.45, 7) is 0.0736. The van der Waals surface area contributed by atoms with Gasteiger partial charge in [0, 0.05) is 12.5 Å². The Labute approximate surface area is 92.0 Å². The maximum atomic E-state index is 11.2. The Morgan fingerprint density at radius 2 is 2.31 bits per heavy atom. The van der Waals surface area contributed by atoms with Gasteiger partial charge in [0.15, 0.2) is 5.82 Å². The molecule has 0 saturated heterocycles. The number of carbonyl (C=O) groups excluding carboxylic acids is 1. The van der Waals surface area contributed by atoms with E-state index in [4.69, 9.17) is 10.5 Å². The van der Waals surface area contributed by atoms with E-state index in [0.29, 0.717) is 5.82 Å². The van der Waals surface area contributed by atoms with Crippen molar-refractivity contribution in [2.45, 2.75) is 0 Å². The number of rotatable bonds is 3. The number of anilines is 1. The molecular weight excluding hydrogens is 208 g/mol. The Morgan fingerprint density at radius 3 is 3.00 bits per heavy atom. The van der Waals surface area contributed by atoms with Crippen LogP contribution in [-0.2, 0) is 4.74 Å². The molecule has 1 aromatic heterocycles. The molecule has 84 valence electrons. The minimum atomic E-state index is -0.598. The highest BCUT2D eigenvalue weighted by molar-refractivity contribution is 5.99. The number of hydrogen-bond donors (Lipinski definition) is 2. The molecule has 0 bridgehead atoms. The molecule has 1 heterocycles. The molecule has 2 amide bonds. The fraction of sp³-hybridized carbons (Fsp3) is 0.200. The molecule has 1 aromatic carbocycles. The van der Waals surface area contributed by atoms with E-state index in [1.165, 1.54) is 12.0 Å². The van der Waals surface area contributed by atoms with E-state index in [1.54, 1.807) is 0 Å². The van der Waals surface area contributed by atoms with Crippen molar-refractivity contribution in [1.82, 2.24) is 10.2 Å². The number of H-pyrrole nitrogens is 1. The highest BCUT2D eigenvalue weighted by atomic mass is 16.5. The highest BCUT2D eigenvalue weighted by Crippen LogP contribution is 2.23. The molecule has 16 heavy (non-hydrogen) atoms. The van der Waals surface area contributed by atoms with E-state index in [0.717, 1.165) is 10.9 Å². The number of carbonyl (C=O) groups is 1. The van der Waals surface area contributed by atoms with E-state index < -0.39 is 6.03 Å². The fourth-order valence-corrected chi connectivity index (χ4v) is 1.51. The first-order valence-electron chi connectivity index (χ1n) is 4.73. The number of para-hydroxylation sites is 1. The first-order chi connectivity index (χ1) is 7.74. The van der Waals surface area contributed by atoms with Gasteiger partial charge in [-0.3, -0.25) is 10.00 Å². The Bertz CT molecular complexity index is 508. The maximum Gasteiger partial charge on any atom is 0.322 e. The van der Waals surface area contributed by atoms with Crippen LogP contribution in [0.2, 0.25) is 0 Å². The molecule has 0 radical (unpaired) electrons. The lowest BCUT2D eigenvalue weighted by Gasteiger charge is -2.16. The van der Waals surface area contributed by atoms with Crippen LogP contribution in [0.25, 0.3) is 10.9 Å². The summed E-state index contributed by atoms with van der Waals surface area (Å²) in [4.78, 5) is 12.5. The molecule has 2 rings (SSSR count). The first-order valence-corrected chi connectivity index (χ1v) is 4.73. The summed E-state index contributed by atoms with van der Waals surface area (Å²) in [5.74, 6) is 0.477. The molecule has 6 nitrogen and oxygen atoms in total. The summed E-state index contributed by atoms with van der Waals surface area (Å²) in [6, 6.07) is 6.89. The molecule has 0 aliphatic rings. The van der Waals surface area contributed by atoms with Crippen LogP contribution in [0, 0.1) is 0 Å². The predicted molar refractivity (Wildman–Crippen MR) is 60.0 cm³/mol. The Morgan fingerprint density at radius 1 is 1.56 bits per heavy atom. The Hall–Kier alpha value is -2.08. The van der Waals surface area contributed by atoms with Crippen molar-refractivity contribution in [1.29, 1.82) is 0 Å². The summed E-state index contributed by atoms with van der Waals surface area (Å²) in [5, 5.41) is 7.71. The topological polar surface area (TPSA) is 84.2 Å². The number of amides is 2. The second-order valence-corrected chi connectivity index (χ2v) is 3.28. The molecule has 0 aliphatic carbocycles. The fourth-order valence-electron chi connectivity index (χ4n) is 1.51. The second-order valence-electron chi connectivity index (χ2n) is 3.28. The number of primary amides is 1. The molecule has 6 heteroatoms. The SMILES string of the molecule is COCN(C(N)=O)c1n[nH]c2ccccc12. The van der Waals surface area contributed by atoms with E-state index in [1.807, 2.05) is 24.3 Å². The van der Waals surface area contributed by atoms with Gasteiger partial charge in [-0.2, -0.15) is 5.10 Å². The van der Waals surface area contributed by atoms with Crippen LogP contribution in [0.15, 0.2) is 24.3 Å². The van der Waals surface area contributed by atoms with Crippen LogP contribution in [0.3, 0.4) is 0 Å². The number of nitrogens with two attached hydrogens (primary N) is 1. The molecule has 3 N–H and O–H groups in total. The van der Waals surface area contributed by atoms with E-state index in [9.17, 15) is 4.79 Å². The van der Waals surface area contributed by atoms with Gasteiger partial charge in [-0.15, -0.1) is 0 Å². The smallest absolute Gasteiger partial charge is 0.322 e. The Balaban J connectivity index is 2.48. The van der Waals surface area contributed by atoms with Crippen molar-refractivity contribution in [3.8, 4) is 0 Å². The van der Waals surface area contributed by atoms with Crippen LogP contribution in [0.5, 0.6) is 0 Å². The summed E-state index contributed by atoms with van der Waals surface area (Å²) in [5.41, 5.74) is 6.11. The lowest BCUT2D eigenvalue weighted by atomic mass is 10.2. The standard InChI is InChI=1S/C10H12N4O2/c1-16-6-14(10(11)15)9-7-4-2-3-5-8(7)12-13-9/h2-5H,6H2,1H3,(H2,11,15)(H,12,13). The third-order valence-electron chi connectivity index (χ3n) is 2.23. The molecule has 0 atom stereocenters. The molecule has 0 spiro atoms. The first kappa shape index (κ1) is 10.4. The third kappa shape index (κ3) is 1.70. The van der Waals surface area contributed by atoms with Gasteiger partial charge in [-0.05, 0) is 12.1 Å². The number of urea groups is 1. The van der Waals surface area contributed by atoms with Crippen LogP contribution in [0.1, 0.15) is 0 Å². The van der Waals surface area contributed by atoms with Crippen molar-refractivity contribution in [2.24, 2.45) is 5.73 Å². The van der Waals surface area contributed by atoms with Gasteiger partial charge < -0.3 is 10.5 Å². The van der Waals surface area contributed by atoms with Gasteiger partial charge in [0.1, 0.15) is 6.73 Å². The Kier molecular flexibility index (Phi) is 2.74. The highest BCUT2D eigenvalue weighted by Gasteiger charge is 2.17. The zero-order valence-electron chi connectivity index (χ0n) is 8.80. The van der Waals surface area contributed by atoms with Crippen LogP contribution < -0.4 is 10.6 Å². The second kappa shape index (κ2) is 4.19. The van der Waals surface area contributed by atoms with Crippen molar-refractivity contribution in [3.05, 3.63) is 24.3 Å². The molecule has 0 saturated carbocycles. The van der Waals surface area contributed by atoms with Gasteiger partial charge in [0.25, 0.3) is 0 Å². The van der Waals surface area contributed by atoms with Gasteiger partial charge in [0.2, 0.25) is 0 Å².